The highest BCUT2D eigenvalue weighted by Gasteiger charge is 2.40. The Labute approximate surface area is 135 Å². The van der Waals surface area contributed by atoms with Crippen LogP contribution >= 0.6 is 15.9 Å². The van der Waals surface area contributed by atoms with Gasteiger partial charge in [-0.1, -0.05) is 41.3 Å². The van der Waals surface area contributed by atoms with E-state index in [0.29, 0.717) is 0 Å². The molecular weight excluding hydrogens is 333 g/mol. The second kappa shape index (κ2) is 7.70. The molecule has 0 spiro atoms. The van der Waals surface area contributed by atoms with Crippen molar-refractivity contribution in [2.45, 2.75) is 57.1 Å². The predicted octanol–water partition coefficient (Wildman–Crippen LogP) is 4.46. The molecule has 1 aliphatic rings. The van der Waals surface area contributed by atoms with Gasteiger partial charge in [0.15, 0.2) is 0 Å². The largest absolute Gasteiger partial charge is 0.374 e. The van der Waals surface area contributed by atoms with Crippen LogP contribution in [0.15, 0.2) is 22.7 Å². The molecule has 0 amide bonds. The lowest BCUT2D eigenvalue weighted by atomic mass is 9.77. The molecule has 1 fully saturated rings. The van der Waals surface area contributed by atoms with Crippen molar-refractivity contribution in [2.24, 2.45) is 0 Å². The molecule has 1 aromatic carbocycles. The number of benzene rings is 1. The second-order valence-electron chi connectivity index (χ2n) is 5.84. The normalized spacial score (nSPS) is 19.4. The van der Waals surface area contributed by atoms with Gasteiger partial charge in [0, 0.05) is 17.1 Å². The first-order chi connectivity index (χ1) is 10.1. The summed E-state index contributed by atoms with van der Waals surface area (Å²) in [7, 11) is 2.00. The smallest absolute Gasteiger partial charge is 0.124 e. The molecule has 1 unspecified atom stereocenters. The van der Waals surface area contributed by atoms with Crippen LogP contribution in [0.25, 0.3) is 0 Å². The molecule has 2 nitrogen and oxygen atoms in total. The number of halogens is 2. The van der Waals surface area contributed by atoms with Crippen molar-refractivity contribution in [1.29, 1.82) is 0 Å². The SMILES string of the molecule is CCOC1(C(Cc2ccc(F)cc2Br)NC)CCCCC1. The highest BCUT2D eigenvalue weighted by atomic mass is 79.9. The highest BCUT2D eigenvalue weighted by molar-refractivity contribution is 9.10. The Morgan fingerprint density at radius 2 is 2.05 bits per heavy atom. The Morgan fingerprint density at radius 3 is 2.62 bits per heavy atom. The van der Waals surface area contributed by atoms with E-state index in [1.165, 1.54) is 31.4 Å². The van der Waals surface area contributed by atoms with Gasteiger partial charge in [0.1, 0.15) is 5.82 Å². The Balaban J connectivity index is 2.20. The van der Waals surface area contributed by atoms with Crippen molar-refractivity contribution in [3.05, 3.63) is 34.1 Å². The number of nitrogens with one attached hydrogen (secondary N) is 1. The molecule has 1 atom stereocenters. The van der Waals surface area contributed by atoms with Gasteiger partial charge in [0.25, 0.3) is 0 Å². The molecule has 1 aliphatic carbocycles. The molecule has 0 heterocycles. The van der Waals surface area contributed by atoms with E-state index < -0.39 is 0 Å². The number of hydrogen-bond donors (Lipinski definition) is 1. The van der Waals surface area contributed by atoms with E-state index >= 15 is 0 Å². The molecule has 1 N–H and O–H groups in total. The fourth-order valence-corrected chi connectivity index (χ4v) is 4.00. The van der Waals surface area contributed by atoms with E-state index in [0.717, 1.165) is 35.9 Å². The molecule has 0 radical (unpaired) electrons. The lowest BCUT2D eigenvalue weighted by Gasteiger charge is -2.43. The molecule has 0 saturated heterocycles. The fourth-order valence-electron chi connectivity index (χ4n) is 3.49. The van der Waals surface area contributed by atoms with Crippen molar-refractivity contribution >= 4 is 15.9 Å². The van der Waals surface area contributed by atoms with Gasteiger partial charge in [-0.15, -0.1) is 0 Å². The van der Waals surface area contributed by atoms with E-state index in [9.17, 15) is 4.39 Å². The first kappa shape index (κ1) is 16.9. The van der Waals surface area contributed by atoms with Crippen molar-refractivity contribution < 1.29 is 9.13 Å². The average molecular weight is 358 g/mol. The van der Waals surface area contributed by atoms with Crippen LogP contribution in [-0.4, -0.2) is 25.3 Å². The topological polar surface area (TPSA) is 21.3 Å². The number of rotatable bonds is 6. The maximum atomic E-state index is 13.2. The molecule has 1 saturated carbocycles. The van der Waals surface area contributed by atoms with E-state index in [4.69, 9.17) is 4.74 Å². The van der Waals surface area contributed by atoms with Gasteiger partial charge in [-0.25, -0.2) is 4.39 Å². The lowest BCUT2D eigenvalue weighted by molar-refractivity contribution is -0.0883. The maximum absolute atomic E-state index is 13.2. The first-order valence-corrected chi connectivity index (χ1v) is 8.66. The van der Waals surface area contributed by atoms with E-state index in [1.807, 2.05) is 13.1 Å². The summed E-state index contributed by atoms with van der Waals surface area (Å²) in [6, 6.07) is 5.18. The third kappa shape index (κ3) is 4.05. The van der Waals surface area contributed by atoms with Crippen molar-refractivity contribution in [3.8, 4) is 0 Å². The number of ether oxygens (including phenoxy) is 1. The van der Waals surface area contributed by atoms with Crippen LogP contribution in [0, 0.1) is 5.82 Å². The number of hydrogen-bond acceptors (Lipinski definition) is 2. The van der Waals surface area contributed by atoms with E-state index in [1.54, 1.807) is 0 Å². The van der Waals surface area contributed by atoms with Gasteiger partial charge >= 0.3 is 0 Å². The molecule has 0 aromatic heterocycles. The minimum Gasteiger partial charge on any atom is -0.374 e. The van der Waals surface area contributed by atoms with Gasteiger partial charge < -0.3 is 10.1 Å². The van der Waals surface area contributed by atoms with Crippen LogP contribution in [0.2, 0.25) is 0 Å². The summed E-state index contributed by atoms with van der Waals surface area (Å²) >= 11 is 3.48. The zero-order chi connectivity index (χ0) is 15.3. The molecule has 0 aliphatic heterocycles. The Bertz CT molecular complexity index is 455. The number of likely N-dealkylation sites (N-methyl/N-ethyl adjacent to an activating group) is 1. The predicted molar refractivity (Wildman–Crippen MR) is 88.1 cm³/mol. The minimum absolute atomic E-state index is 0.0877. The van der Waals surface area contributed by atoms with E-state index in [-0.39, 0.29) is 17.5 Å². The summed E-state index contributed by atoms with van der Waals surface area (Å²) in [6.07, 6.45) is 6.80. The van der Waals surface area contributed by atoms with Crippen molar-refractivity contribution in [2.75, 3.05) is 13.7 Å². The molecular formula is C17H25BrFNO. The first-order valence-electron chi connectivity index (χ1n) is 7.86. The Morgan fingerprint density at radius 1 is 1.33 bits per heavy atom. The monoisotopic (exact) mass is 357 g/mol. The van der Waals surface area contributed by atoms with E-state index in [2.05, 4.69) is 28.2 Å². The van der Waals surface area contributed by atoms with Crippen LogP contribution in [0.4, 0.5) is 4.39 Å². The summed E-state index contributed by atoms with van der Waals surface area (Å²) in [5.41, 5.74) is 1.04. The summed E-state index contributed by atoms with van der Waals surface area (Å²) in [6.45, 7) is 2.81. The zero-order valence-electron chi connectivity index (χ0n) is 12.9. The zero-order valence-corrected chi connectivity index (χ0v) is 14.5. The fraction of sp³-hybridized carbons (Fsp3) is 0.647. The van der Waals surface area contributed by atoms with Gasteiger partial charge in [-0.2, -0.15) is 0 Å². The summed E-state index contributed by atoms with van der Waals surface area (Å²) in [5, 5.41) is 3.45. The van der Waals surface area contributed by atoms with Crippen LogP contribution in [0.1, 0.15) is 44.6 Å². The maximum Gasteiger partial charge on any atom is 0.124 e. The quantitative estimate of drug-likeness (QED) is 0.811. The van der Waals surface area contributed by atoms with Crippen LogP contribution in [-0.2, 0) is 11.2 Å². The van der Waals surface area contributed by atoms with Gasteiger partial charge in [0.2, 0.25) is 0 Å². The third-order valence-electron chi connectivity index (χ3n) is 4.55. The van der Waals surface area contributed by atoms with Crippen LogP contribution < -0.4 is 5.32 Å². The lowest BCUT2D eigenvalue weighted by Crippen LogP contribution is -2.53. The standard InChI is InChI=1S/C17H25BrFNO/c1-3-21-17(9-5-4-6-10-17)16(20-2)11-13-7-8-14(19)12-15(13)18/h7-8,12,16,20H,3-6,9-11H2,1-2H3. The molecule has 4 heteroatoms. The van der Waals surface area contributed by atoms with Gasteiger partial charge in [-0.3, -0.25) is 0 Å². The molecule has 21 heavy (non-hydrogen) atoms. The summed E-state index contributed by atoms with van der Waals surface area (Å²) < 4.78 is 20.3. The molecule has 1 aromatic rings. The van der Waals surface area contributed by atoms with Crippen molar-refractivity contribution in [1.82, 2.24) is 5.32 Å². The third-order valence-corrected chi connectivity index (χ3v) is 5.29. The van der Waals surface area contributed by atoms with Crippen LogP contribution in [0.3, 0.4) is 0 Å². The highest BCUT2D eigenvalue weighted by Crippen LogP contribution is 2.36. The second-order valence-corrected chi connectivity index (χ2v) is 6.69. The van der Waals surface area contributed by atoms with Gasteiger partial charge in [0.05, 0.1) is 5.60 Å². The Kier molecular flexibility index (Phi) is 6.20. The average Bonchev–Trinajstić information content (AvgIpc) is 2.47. The molecule has 2 rings (SSSR count). The molecule has 0 bridgehead atoms. The van der Waals surface area contributed by atoms with Crippen LogP contribution in [0.5, 0.6) is 0 Å². The minimum atomic E-state index is -0.205. The molecule has 118 valence electrons. The summed E-state index contributed by atoms with van der Waals surface area (Å²) in [4.78, 5) is 0. The van der Waals surface area contributed by atoms with Crippen molar-refractivity contribution in [3.63, 3.8) is 0 Å². The summed E-state index contributed by atoms with van der Waals surface area (Å²) in [5.74, 6) is -0.205. The Hall–Kier alpha value is -0.450. The van der Waals surface area contributed by atoms with Gasteiger partial charge in [-0.05, 0) is 50.9 Å².